The standard InChI is InChI=1S/C15H21NO3/c1-15(9-17-10-15)7-12(8-16)11-2-3-13-14(6-11)19-5-4-18-13/h2-3,6,12H,4-5,7-10,16H2,1H3. The van der Waals surface area contributed by atoms with Crippen LogP contribution in [0.15, 0.2) is 18.2 Å². The third kappa shape index (κ3) is 2.55. The van der Waals surface area contributed by atoms with E-state index in [1.807, 2.05) is 6.07 Å². The largest absolute Gasteiger partial charge is 0.486 e. The van der Waals surface area contributed by atoms with E-state index >= 15 is 0 Å². The Hall–Kier alpha value is -1.26. The van der Waals surface area contributed by atoms with Gasteiger partial charge in [0.25, 0.3) is 0 Å². The van der Waals surface area contributed by atoms with Gasteiger partial charge in [0, 0.05) is 5.41 Å². The molecule has 0 radical (unpaired) electrons. The van der Waals surface area contributed by atoms with Crippen LogP contribution < -0.4 is 15.2 Å². The summed E-state index contributed by atoms with van der Waals surface area (Å²) in [5, 5.41) is 0. The van der Waals surface area contributed by atoms with Crippen molar-refractivity contribution in [2.45, 2.75) is 19.3 Å². The molecule has 0 aliphatic carbocycles. The number of hydrogen-bond acceptors (Lipinski definition) is 4. The lowest BCUT2D eigenvalue weighted by molar-refractivity contribution is -0.108. The van der Waals surface area contributed by atoms with Gasteiger partial charge in [0.15, 0.2) is 11.5 Å². The highest BCUT2D eigenvalue weighted by molar-refractivity contribution is 5.45. The molecule has 2 heterocycles. The lowest BCUT2D eigenvalue weighted by atomic mass is 9.77. The summed E-state index contributed by atoms with van der Waals surface area (Å²) in [6, 6.07) is 6.18. The number of nitrogens with two attached hydrogens (primary N) is 1. The molecule has 19 heavy (non-hydrogen) atoms. The molecule has 1 fully saturated rings. The minimum Gasteiger partial charge on any atom is -0.486 e. The fraction of sp³-hybridized carbons (Fsp3) is 0.600. The van der Waals surface area contributed by atoms with Crippen molar-refractivity contribution < 1.29 is 14.2 Å². The van der Waals surface area contributed by atoms with E-state index in [9.17, 15) is 0 Å². The molecule has 1 aromatic carbocycles. The van der Waals surface area contributed by atoms with E-state index in [2.05, 4.69) is 19.1 Å². The van der Waals surface area contributed by atoms with Crippen LogP contribution in [0.2, 0.25) is 0 Å². The predicted octanol–water partition coefficient (Wildman–Crippen LogP) is 1.93. The third-order valence-electron chi connectivity index (χ3n) is 3.96. The van der Waals surface area contributed by atoms with Crippen molar-refractivity contribution in [2.24, 2.45) is 11.1 Å². The van der Waals surface area contributed by atoms with Crippen LogP contribution in [0.4, 0.5) is 0 Å². The molecule has 2 aliphatic heterocycles. The van der Waals surface area contributed by atoms with E-state index in [4.69, 9.17) is 19.9 Å². The average Bonchev–Trinajstić information content (AvgIpc) is 2.42. The van der Waals surface area contributed by atoms with Gasteiger partial charge in [0.1, 0.15) is 13.2 Å². The molecule has 4 heteroatoms. The van der Waals surface area contributed by atoms with Crippen LogP contribution in [0.1, 0.15) is 24.8 Å². The summed E-state index contributed by atoms with van der Waals surface area (Å²) in [6.45, 7) is 5.84. The maximum atomic E-state index is 5.95. The number of fused-ring (bicyclic) bond motifs is 1. The molecule has 1 aromatic rings. The van der Waals surface area contributed by atoms with Crippen molar-refractivity contribution in [2.75, 3.05) is 33.0 Å². The molecular weight excluding hydrogens is 242 g/mol. The predicted molar refractivity (Wildman–Crippen MR) is 72.8 cm³/mol. The molecule has 4 nitrogen and oxygen atoms in total. The topological polar surface area (TPSA) is 53.7 Å². The Kier molecular flexibility index (Phi) is 3.37. The monoisotopic (exact) mass is 263 g/mol. The molecule has 2 N–H and O–H groups in total. The summed E-state index contributed by atoms with van der Waals surface area (Å²) in [4.78, 5) is 0. The normalized spacial score (nSPS) is 21.6. The van der Waals surface area contributed by atoms with Gasteiger partial charge < -0.3 is 19.9 Å². The van der Waals surface area contributed by atoms with E-state index < -0.39 is 0 Å². The number of benzene rings is 1. The SMILES string of the molecule is CC1(CC(CN)c2ccc3c(c2)OCCO3)COC1. The van der Waals surface area contributed by atoms with Crippen molar-refractivity contribution in [3.8, 4) is 11.5 Å². The van der Waals surface area contributed by atoms with Gasteiger partial charge in [-0.3, -0.25) is 0 Å². The molecule has 0 bridgehead atoms. The summed E-state index contributed by atoms with van der Waals surface area (Å²) in [6.07, 6.45) is 1.06. The van der Waals surface area contributed by atoms with Crippen LogP contribution in [0, 0.1) is 5.41 Å². The zero-order valence-corrected chi connectivity index (χ0v) is 11.4. The fourth-order valence-electron chi connectivity index (χ4n) is 2.81. The zero-order chi connectivity index (χ0) is 13.3. The quantitative estimate of drug-likeness (QED) is 0.901. The molecule has 0 saturated carbocycles. The first-order chi connectivity index (χ1) is 9.20. The lowest BCUT2D eigenvalue weighted by Crippen LogP contribution is -2.41. The number of hydrogen-bond donors (Lipinski definition) is 1. The maximum absolute atomic E-state index is 5.95. The second kappa shape index (κ2) is 5.02. The molecular formula is C15H21NO3. The van der Waals surface area contributed by atoms with Crippen molar-refractivity contribution >= 4 is 0 Å². The van der Waals surface area contributed by atoms with E-state index in [0.717, 1.165) is 31.1 Å². The first kappa shape index (κ1) is 12.8. The van der Waals surface area contributed by atoms with Crippen molar-refractivity contribution in [1.29, 1.82) is 0 Å². The molecule has 1 atom stereocenters. The molecule has 1 saturated heterocycles. The summed E-state index contributed by atoms with van der Waals surface area (Å²) in [5.41, 5.74) is 7.47. The first-order valence-corrected chi connectivity index (χ1v) is 6.88. The van der Waals surface area contributed by atoms with Crippen LogP contribution in [0.5, 0.6) is 11.5 Å². The smallest absolute Gasteiger partial charge is 0.161 e. The second-order valence-corrected chi connectivity index (χ2v) is 5.84. The molecule has 104 valence electrons. The van der Waals surface area contributed by atoms with E-state index in [1.54, 1.807) is 0 Å². The van der Waals surface area contributed by atoms with Crippen LogP contribution in [-0.4, -0.2) is 33.0 Å². The summed E-state index contributed by atoms with van der Waals surface area (Å²) >= 11 is 0. The fourth-order valence-corrected chi connectivity index (χ4v) is 2.81. The van der Waals surface area contributed by atoms with Crippen LogP contribution >= 0.6 is 0 Å². The molecule has 0 aromatic heterocycles. The Morgan fingerprint density at radius 3 is 2.58 bits per heavy atom. The minimum absolute atomic E-state index is 0.275. The highest BCUT2D eigenvalue weighted by Crippen LogP contribution is 2.39. The molecule has 1 unspecified atom stereocenters. The maximum Gasteiger partial charge on any atom is 0.161 e. The molecule has 0 amide bonds. The molecule has 2 aliphatic rings. The Labute approximate surface area is 113 Å². The van der Waals surface area contributed by atoms with Gasteiger partial charge in [-0.2, -0.15) is 0 Å². The Morgan fingerprint density at radius 2 is 1.95 bits per heavy atom. The Bertz CT molecular complexity index is 457. The van der Waals surface area contributed by atoms with Crippen LogP contribution in [0.3, 0.4) is 0 Å². The third-order valence-corrected chi connectivity index (χ3v) is 3.96. The summed E-state index contributed by atoms with van der Waals surface area (Å²) < 4.78 is 16.5. The second-order valence-electron chi connectivity index (χ2n) is 5.84. The van der Waals surface area contributed by atoms with E-state index in [1.165, 1.54) is 5.56 Å². The van der Waals surface area contributed by atoms with Gasteiger partial charge in [-0.15, -0.1) is 0 Å². The highest BCUT2D eigenvalue weighted by atomic mass is 16.6. The van der Waals surface area contributed by atoms with E-state index in [-0.39, 0.29) is 5.41 Å². The number of ether oxygens (including phenoxy) is 3. The Balaban J connectivity index is 1.78. The zero-order valence-electron chi connectivity index (χ0n) is 11.4. The van der Waals surface area contributed by atoms with Crippen LogP contribution in [0.25, 0.3) is 0 Å². The highest BCUT2D eigenvalue weighted by Gasteiger charge is 2.36. The lowest BCUT2D eigenvalue weighted by Gasteiger charge is -2.40. The van der Waals surface area contributed by atoms with Gasteiger partial charge in [-0.05, 0) is 36.6 Å². The molecule has 0 spiro atoms. The Morgan fingerprint density at radius 1 is 1.21 bits per heavy atom. The van der Waals surface area contributed by atoms with Crippen LogP contribution in [-0.2, 0) is 4.74 Å². The van der Waals surface area contributed by atoms with Gasteiger partial charge in [-0.25, -0.2) is 0 Å². The van der Waals surface area contributed by atoms with Gasteiger partial charge in [-0.1, -0.05) is 13.0 Å². The van der Waals surface area contributed by atoms with Gasteiger partial charge >= 0.3 is 0 Å². The van der Waals surface area contributed by atoms with E-state index in [0.29, 0.717) is 25.7 Å². The summed E-state index contributed by atoms with van der Waals surface area (Å²) in [5.74, 6) is 2.03. The number of rotatable bonds is 4. The van der Waals surface area contributed by atoms with Crippen molar-refractivity contribution in [3.05, 3.63) is 23.8 Å². The minimum atomic E-state index is 0.275. The van der Waals surface area contributed by atoms with Crippen molar-refractivity contribution in [3.63, 3.8) is 0 Å². The van der Waals surface area contributed by atoms with Gasteiger partial charge in [0.2, 0.25) is 0 Å². The average molecular weight is 263 g/mol. The summed E-state index contributed by atoms with van der Waals surface area (Å²) in [7, 11) is 0. The van der Waals surface area contributed by atoms with Crippen molar-refractivity contribution in [1.82, 2.24) is 0 Å². The molecule has 3 rings (SSSR count). The first-order valence-electron chi connectivity index (χ1n) is 6.88. The van der Waals surface area contributed by atoms with Gasteiger partial charge in [0.05, 0.1) is 13.2 Å².